The third-order valence-electron chi connectivity index (χ3n) is 3.21. The lowest BCUT2D eigenvalue weighted by Crippen LogP contribution is -2.55. The molecule has 0 fully saturated rings. The lowest BCUT2D eigenvalue weighted by molar-refractivity contribution is 0.0358. The number of halogens is 1. The molecule has 0 heterocycles. The first-order valence-corrected chi connectivity index (χ1v) is 7.25. The zero-order valence-electron chi connectivity index (χ0n) is 13.3. The van der Waals surface area contributed by atoms with E-state index in [4.69, 9.17) is 0 Å². The number of nitrogens with one attached hydrogen (secondary N) is 1. The number of nitrogens with zero attached hydrogens (tertiary/aromatic N) is 1. The molecule has 2 aromatic carbocycles. The van der Waals surface area contributed by atoms with Crippen molar-refractivity contribution in [3.05, 3.63) is 71.5 Å². The predicted octanol–water partition coefficient (Wildman–Crippen LogP) is 3.41. The molecule has 4 nitrogen and oxygen atoms in total. The molecule has 2 aromatic rings. The van der Waals surface area contributed by atoms with E-state index in [9.17, 15) is 14.0 Å². The van der Waals surface area contributed by atoms with Gasteiger partial charge in [-0.2, -0.15) is 0 Å². The number of carbonyl (C=O) groups excluding carboxylic acids is 2. The van der Waals surface area contributed by atoms with Gasteiger partial charge in [-0.3, -0.25) is 15.0 Å². The molecule has 2 amide bonds. The molecule has 0 saturated heterocycles. The van der Waals surface area contributed by atoms with E-state index in [0.717, 1.165) is 0 Å². The third-order valence-corrected chi connectivity index (χ3v) is 3.21. The minimum Gasteiger partial charge on any atom is -0.267 e. The summed E-state index contributed by atoms with van der Waals surface area (Å²) in [4.78, 5) is 25.0. The second-order valence-electron chi connectivity index (χ2n) is 6.13. The van der Waals surface area contributed by atoms with E-state index in [1.807, 2.05) is 26.8 Å². The van der Waals surface area contributed by atoms with Crippen LogP contribution in [0.4, 0.5) is 4.39 Å². The quantitative estimate of drug-likeness (QED) is 0.864. The fraction of sp³-hybridized carbons (Fsp3) is 0.222. The van der Waals surface area contributed by atoms with Crippen LogP contribution in [0, 0.1) is 5.82 Å². The minimum absolute atomic E-state index is 0.279. The van der Waals surface area contributed by atoms with Gasteiger partial charge in [0.25, 0.3) is 11.8 Å². The zero-order chi connectivity index (χ0) is 17.0. The minimum atomic E-state index is -0.622. The van der Waals surface area contributed by atoms with Crippen molar-refractivity contribution in [1.29, 1.82) is 0 Å². The molecule has 1 N–H and O–H groups in total. The second-order valence-corrected chi connectivity index (χ2v) is 6.13. The van der Waals surface area contributed by atoms with Gasteiger partial charge >= 0.3 is 0 Å². The maximum atomic E-state index is 13.0. The lowest BCUT2D eigenvalue weighted by atomic mass is 10.1. The van der Waals surface area contributed by atoms with Gasteiger partial charge in [-0.15, -0.1) is 0 Å². The van der Waals surface area contributed by atoms with Crippen molar-refractivity contribution in [1.82, 2.24) is 10.4 Å². The molecule has 0 aliphatic heterocycles. The summed E-state index contributed by atoms with van der Waals surface area (Å²) in [6.45, 7) is 5.45. The van der Waals surface area contributed by atoms with Gasteiger partial charge in [0.1, 0.15) is 5.82 Å². The van der Waals surface area contributed by atoms with Gasteiger partial charge < -0.3 is 0 Å². The van der Waals surface area contributed by atoms with Crippen LogP contribution in [0.2, 0.25) is 0 Å². The van der Waals surface area contributed by atoms with Crippen LogP contribution in [-0.2, 0) is 0 Å². The van der Waals surface area contributed by atoms with E-state index in [2.05, 4.69) is 5.43 Å². The molecule has 0 bridgehead atoms. The molecule has 0 unspecified atom stereocenters. The highest BCUT2D eigenvalue weighted by Crippen LogP contribution is 2.16. The number of hydrogen-bond acceptors (Lipinski definition) is 2. The summed E-state index contributed by atoms with van der Waals surface area (Å²) in [5, 5.41) is 1.29. The molecule has 0 aromatic heterocycles. The molecule has 0 atom stereocenters. The molecular formula is C18H19FN2O2. The number of carbonyl (C=O) groups is 2. The van der Waals surface area contributed by atoms with Gasteiger partial charge in [0.15, 0.2) is 0 Å². The summed E-state index contributed by atoms with van der Waals surface area (Å²) in [5.74, 6) is -1.20. The average molecular weight is 314 g/mol. The van der Waals surface area contributed by atoms with E-state index < -0.39 is 17.3 Å². The Kier molecular flexibility index (Phi) is 4.79. The number of amides is 2. The van der Waals surface area contributed by atoms with Crippen molar-refractivity contribution < 1.29 is 14.0 Å². The molecule has 0 saturated carbocycles. The third kappa shape index (κ3) is 4.16. The highest BCUT2D eigenvalue weighted by molar-refractivity contribution is 5.99. The topological polar surface area (TPSA) is 49.4 Å². The molecule has 0 radical (unpaired) electrons. The lowest BCUT2D eigenvalue weighted by Gasteiger charge is -2.35. The normalized spacial score (nSPS) is 11.0. The molecule has 0 aliphatic rings. The first kappa shape index (κ1) is 16.7. The van der Waals surface area contributed by atoms with Crippen molar-refractivity contribution in [3.63, 3.8) is 0 Å². The zero-order valence-corrected chi connectivity index (χ0v) is 13.3. The van der Waals surface area contributed by atoms with Crippen molar-refractivity contribution in [2.45, 2.75) is 26.3 Å². The van der Waals surface area contributed by atoms with Crippen molar-refractivity contribution >= 4 is 11.8 Å². The van der Waals surface area contributed by atoms with Crippen LogP contribution in [0.25, 0.3) is 0 Å². The number of benzene rings is 2. The fourth-order valence-electron chi connectivity index (χ4n) is 2.00. The summed E-state index contributed by atoms with van der Waals surface area (Å²) >= 11 is 0. The Morgan fingerprint density at radius 3 is 2.00 bits per heavy atom. The Labute approximate surface area is 134 Å². The smallest absolute Gasteiger partial charge is 0.267 e. The first-order valence-electron chi connectivity index (χ1n) is 7.25. The Morgan fingerprint density at radius 1 is 0.913 bits per heavy atom. The van der Waals surface area contributed by atoms with Crippen molar-refractivity contribution in [2.75, 3.05) is 0 Å². The molecule has 23 heavy (non-hydrogen) atoms. The molecule has 5 heteroatoms. The van der Waals surface area contributed by atoms with Gasteiger partial charge in [-0.1, -0.05) is 18.2 Å². The summed E-state index contributed by atoms with van der Waals surface area (Å²) < 4.78 is 13.0. The largest absolute Gasteiger partial charge is 0.272 e. The fourth-order valence-corrected chi connectivity index (χ4v) is 2.00. The summed E-state index contributed by atoms with van der Waals surface area (Å²) in [6.07, 6.45) is 0. The van der Waals surface area contributed by atoms with E-state index in [-0.39, 0.29) is 11.5 Å². The maximum absolute atomic E-state index is 13.0. The average Bonchev–Trinajstić information content (AvgIpc) is 2.52. The SMILES string of the molecule is CC(C)(C)N(NC(=O)c1ccc(F)cc1)C(=O)c1ccccc1. The van der Waals surface area contributed by atoms with Gasteiger partial charge in [0.05, 0.1) is 5.54 Å². The highest BCUT2D eigenvalue weighted by atomic mass is 19.1. The van der Waals surface area contributed by atoms with Gasteiger partial charge in [0.2, 0.25) is 0 Å². The second kappa shape index (κ2) is 6.60. The van der Waals surface area contributed by atoms with Crippen molar-refractivity contribution in [2.24, 2.45) is 0 Å². The Hall–Kier alpha value is -2.69. The molecule has 2 rings (SSSR count). The summed E-state index contributed by atoms with van der Waals surface area (Å²) in [5.41, 5.74) is 2.74. The van der Waals surface area contributed by atoms with E-state index in [1.54, 1.807) is 24.3 Å². The van der Waals surface area contributed by atoms with Crippen LogP contribution >= 0.6 is 0 Å². The van der Waals surface area contributed by atoms with E-state index in [1.165, 1.54) is 29.3 Å². The van der Waals surface area contributed by atoms with Gasteiger partial charge in [0, 0.05) is 11.1 Å². The Bertz CT molecular complexity index is 691. The van der Waals surface area contributed by atoms with Crippen LogP contribution < -0.4 is 5.43 Å². The van der Waals surface area contributed by atoms with Crippen LogP contribution in [0.1, 0.15) is 41.5 Å². The van der Waals surface area contributed by atoms with Crippen LogP contribution in [0.3, 0.4) is 0 Å². The van der Waals surface area contributed by atoms with E-state index in [0.29, 0.717) is 5.56 Å². The standard InChI is InChI=1S/C18H19FN2O2/c1-18(2,3)21(17(23)14-7-5-4-6-8-14)20-16(22)13-9-11-15(19)12-10-13/h4-12H,1-3H3,(H,20,22). The molecule has 0 aliphatic carbocycles. The molecular weight excluding hydrogens is 295 g/mol. The van der Waals surface area contributed by atoms with E-state index >= 15 is 0 Å². The number of hydrogen-bond donors (Lipinski definition) is 1. The summed E-state index contributed by atoms with van der Waals surface area (Å²) in [7, 11) is 0. The van der Waals surface area contributed by atoms with Crippen LogP contribution in [-0.4, -0.2) is 22.4 Å². The first-order chi connectivity index (χ1) is 10.8. The van der Waals surface area contributed by atoms with Crippen LogP contribution in [0.15, 0.2) is 54.6 Å². The highest BCUT2D eigenvalue weighted by Gasteiger charge is 2.29. The predicted molar refractivity (Wildman–Crippen MR) is 86.2 cm³/mol. The van der Waals surface area contributed by atoms with Gasteiger partial charge in [-0.25, -0.2) is 9.40 Å². The van der Waals surface area contributed by atoms with Crippen molar-refractivity contribution in [3.8, 4) is 0 Å². The van der Waals surface area contributed by atoms with Gasteiger partial charge in [-0.05, 0) is 57.2 Å². The summed E-state index contributed by atoms with van der Waals surface area (Å²) in [6, 6.07) is 13.9. The molecule has 120 valence electrons. The number of rotatable bonds is 2. The number of hydrazine groups is 1. The monoisotopic (exact) mass is 314 g/mol. The Balaban J connectivity index is 2.24. The van der Waals surface area contributed by atoms with Crippen LogP contribution in [0.5, 0.6) is 0 Å². The molecule has 0 spiro atoms. The Morgan fingerprint density at radius 2 is 1.48 bits per heavy atom. The maximum Gasteiger partial charge on any atom is 0.272 e.